The van der Waals surface area contributed by atoms with Gasteiger partial charge in [0.05, 0.1) is 5.69 Å². The number of nitrogens with zero attached hydrogens (tertiary/aromatic N) is 3. The molecule has 0 aliphatic carbocycles. The highest BCUT2D eigenvalue weighted by Crippen LogP contribution is 2.22. The van der Waals surface area contributed by atoms with Gasteiger partial charge >= 0.3 is 0 Å². The van der Waals surface area contributed by atoms with Crippen LogP contribution in [-0.2, 0) is 12.0 Å². The largest absolute Gasteiger partial charge is 0.348 e. The van der Waals surface area contributed by atoms with E-state index >= 15 is 0 Å². The lowest BCUT2D eigenvalue weighted by molar-refractivity contribution is 0.0950. The summed E-state index contributed by atoms with van der Waals surface area (Å²) < 4.78 is 2.00. The summed E-state index contributed by atoms with van der Waals surface area (Å²) in [5.74, 6) is -0.109. The van der Waals surface area contributed by atoms with Gasteiger partial charge in [0.1, 0.15) is 6.33 Å². The Morgan fingerprint density at radius 2 is 1.80 bits per heavy atom. The Balaban J connectivity index is 1.69. The first-order valence-corrected chi connectivity index (χ1v) is 8.26. The van der Waals surface area contributed by atoms with E-state index in [4.69, 9.17) is 0 Å². The summed E-state index contributed by atoms with van der Waals surface area (Å²) in [6, 6.07) is 11.5. The second-order valence-electron chi connectivity index (χ2n) is 6.97. The minimum atomic E-state index is -0.109. The monoisotopic (exact) mass is 334 g/mol. The average molecular weight is 334 g/mol. The number of amides is 1. The number of rotatable bonds is 4. The van der Waals surface area contributed by atoms with Crippen molar-refractivity contribution in [1.29, 1.82) is 0 Å². The van der Waals surface area contributed by atoms with Crippen LogP contribution in [0.15, 0.2) is 61.3 Å². The van der Waals surface area contributed by atoms with Gasteiger partial charge in [-0.15, -0.1) is 0 Å². The van der Waals surface area contributed by atoms with Crippen LogP contribution in [-0.4, -0.2) is 20.4 Å². The van der Waals surface area contributed by atoms with Gasteiger partial charge in [-0.3, -0.25) is 4.79 Å². The van der Waals surface area contributed by atoms with Crippen molar-refractivity contribution >= 4 is 5.91 Å². The van der Waals surface area contributed by atoms with E-state index in [1.165, 1.54) is 0 Å². The highest BCUT2D eigenvalue weighted by atomic mass is 16.1. The number of benzene rings is 1. The fraction of sp³-hybridized carbons (Fsp3) is 0.250. The van der Waals surface area contributed by atoms with Gasteiger partial charge in [0.2, 0.25) is 0 Å². The predicted molar refractivity (Wildman–Crippen MR) is 97.7 cm³/mol. The Labute approximate surface area is 147 Å². The standard InChI is InChI=1S/C20H22N4O/c1-20(2,3)18-16(12-21-14-23-18)13-22-19(25)15-6-8-17(9-7-15)24-10-4-5-11-24/h4-12,14H,13H2,1-3H3,(H,22,25). The molecule has 0 bridgehead atoms. The maximum Gasteiger partial charge on any atom is 0.251 e. The third-order valence-electron chi connectivity index (χ3n) is 3.97. The van der Waals surface area contributed by atoms with Gasteiger partial charge in [0, 0.05) is 47.4 Å². The van der Waals surface area contributed by atoms with Crippen molar-refractivity contribution in [3.05, 3.63) is 78.1 Å². The van der Waals surface area contributed by atoms with E-state index in [9.17, 15) is 4.79 Å². The van der Waals surface area contributed by atoms with Gasteiger partial charge in [0.15, 0.2) is 0 Å². The number of hydrogen-bond donors (Lipinski definition) is 1. The molecule has 0 aliphatic rings. The quantitative estimate of drug-likeness (QED) is 0.794. The molecule has 0 radical (unpaired) electrons. The SMILES string of the molecule is CC(C)(C)c1ncncc1CNC(=O)c1ccc(-n2cccc2)cc1. The van der Waals surface area contributed by atoms with Crippen LogP contribution in [0.25, 0.3) is 5.69 Å². The molecule has 0 atom stereocenters. The Kier molecular flexibility index (Phi) is 4.65. The molecule has 1 amide bonds. The molecule has 0 saturated heterocycles. The molecule has 0 unspecified atom stereocenters. The summed E-state index contributed by atoms with van der Waals surface area (Å²) in [5.41, 5.74) is 3.44. The molecule has 128 valence electrons. The zero-order valence-electron chi connectivity index (χ0n) is 14.7. The third-order valence-corrected chi connectivity index (χ3v) is 3.97. The van der Waals surface area contributed by atoms with Gasteiger partial charge in [-0.05, 0) is 36.4 Å². The molecule has 0 saturated carbocycles. The second-order valence-corrected chi connectivity index (χ2v) is 6.97. The molecule has 5 nitrogen and oxygen atoms in total. The molecular formula is C20H22N4O. The maximum atomic E-state index is 12.4. The van der Waals surface area contributed by atoms with Crippen molar-refractivity contribution in [1.82, 2.24) is 19.9 Å². The van der Waals surface area contributed by atoms with Crippen LogP contribution in [0.4, 0.5) is 0 Å². The number of carbonyl (C=O) groups excluding carboxylic acids is 1. The molecule has 25 heavy (non-hydrogen) atoms. The first-order chi connectivity index (χ1) is 11.9. The van der Waals surface area contributed by atoms with E-state index in [1.807, 2.05) is 53.4 Å². The lowest BCUT2D eigenvalue weighted by Gasteiger charge is -2.21. The summed E-state index contributed by atoms with van der Waals surface area (Å²) in [5, 5.41) is 2.96. The first kappa shape index (κ1) is 16.9. The smallest absolute Gasteiger partial charge is 0.251 e. The summed E-state index contributed by atoms with van der Waals surface area (Å²) in [4.78, 5) is 20.9. The fourth-order valence-corrected chi connectivity index (χ4v) is 2.73. The van der Waals surface area contributed by atoms with E-state index in [-0.39, 0.29) is 11.3 Å². The number of carbonyl (C=O) groups is 1. The van der Waals surface area contributed by atoms with Gasteiger partial charge < -0.3 is 9.88 Å². The number of nitrogens with one attached hydrogen (secondary N) is 1. The summed E-state index contributed by atoms with van der Waals surface area (Å²) in [7, 11) is 0. The van der Waals surface area contributed by atoms with Crippen LogP contribution < -0.4 is 5.32 Å². The minimum absolute atomic E-state index is 0.0958. The Hall–Kier alpha value is -2.95. The first-order valence-electron chi connectivity index (χ1n) is 8.26. The van der Waals surface area contributed by atoms with Crippen LogP contribution in [0.5, 0.6) is 0 Å². The molecule has 5 heteroatoms. The van der Waals surface area contributed by atoms with E-state index < -0.39 is 0 Å². The van der Waals surface area contributed by atoms with Gasteiger partial charge in [-0.25, -0.2) is 9.97 Å². The summed E-state index contributed by atoms with van der Waals surface area (Å²) in [6.07, 6.45) is 7.26. The lowest BCUT2D eigenvalue weighted by Crippen LogP contribution is -2.26. The van der Waals surface area contributed by atoms with Crippen molar-refractivity contribution in [2.45, 2.75) is 32.7 Å². The number of hydrogen-bond acceptors (Lipinski definition) is 3. The molecule has 0 aliphatic heterocycles. The van der Waals surface area contributed by atoms with Crippen LogP contribution in [0.2, 0.25) is 0 Å². The predicted octanol–water partition coefficient (Wildman–Crippen LogP) is 3.49. The van der Waals surface area contributed by atoms with Crippen molar-refractivity contribution in [2.24, 2.45) is 0 Å². The van der Waals surface area contributed by atoms with E-state index in [2.05, 4.69) is 36.1 Å². The summed E-state index contributed by atoms with van der Waals surface area (Å²) >= 11 is 0. The van der Waals surface area contributed by atoms with Crippen LogP contribution in [0.3, 0.4) is 0 Å². The van der Waals surface area contributed by atoms with Gasteiger partial charge in [-0.1, -0.05) is 20.8 Å². The highest BCUT2D eigenvalue weighted by molar-refractivity contribution is 5.94. The maximum absolute atomic E-state index is 12.4. The van der Waals surface area contributed by atoms with E-state index in [0.29, 0.717) is 12.1 Å². The van der Waals surface area contributed by atoms with Crippen LogP contribution in [0.1, 0.15) is 42.4 Å². The van der Waals surface area contributed by atoms with E-state index in [0.717, 1.165) is 16.9 Å². The van der Waals surface area contributed by atoms with Crippen LogP contribution >= 0.6 is 0 Å². The average Bonchev–Trinajstić information content (AvgIpc) is 3.14. The molecule has 0 spiro atoms. The Morgan fingerprint density at radius 1 is 1.12 bits per heavy atom. The Bertz CT molecular complexity index is 846. The second kappa shape index (κ2) is 6.89. The van der Waals surface area contributed by atoms with Gasteiger partial charge in [-0.2, -0.15) is 0 Å². The molecule has 3 aromatic rings. The minimum Gasteiger partial charge on any atom is -0.348 e. The molecule has 1 N–H and O–H groups in total. The topological polar surface area (TPSA) is 59.8 Å². The lowest BCUT2D eigenvalue weighted by atomic mass is 9.89. The van der Waals surface area contributed by atoms with Crippen LogP contribution in [0, 0.1) is 0 Å². The van der Waals surface area contributed by atoms with Gasteiger partial charge in [0.25, 0.3) is 5.91 Å². The molecule has 0 fully saturated rings. The zero-order valence-corrected chi connectivity index (χ0v) is 14.7. The summed E-state index contributed by atoms with van der Waals surface area (Å²) in [6.45, 7) is 6.70. The Morgan fingerprint density at radius 3 is 2.44 bits per heavy atom. The van der Waals surface area contributed by atoms with Crippen molar-refractivity contribution < 1.29 is 4.79 Å². The van der Waals surface area contributed by atoms with Crippen molar-refractivity contribution in [2.75, 3.05) is 0 Å². The van der Waals surface area contributed by atoms with Crippen molar-refractivity contribution in [3.8, 4) is 5.69 Å². The zero-order chi connectivity index (χ0) is 17.9. The normalized spacial score (nSPS) is 11.3. The highest BCUT2D eigenvalue weighted by Gasteiger charge is 2.20. The fourth-order valence-electron chi connectivity index (χ4n) is 2.73. The third kappa shape index (κ3) is 3.94. The van der Waals surface area contributed by atoms with Crippen molar-refractivity contribution in [3.63, 3.8) is 0 Å². The molecular weight excluding hydrogens is 312 g/mol. The molecule has 2 aromatic heterocycles. The molecule has 2 heterocycles. The molecule has 1 aromatic carbocycles. The number of aromatic nitrogens is 3. The van der Waals surface area contributed by atoms with E-state index in [1.54, 1.807) is 12.5 Å². The molecule has 3 rings (SSSR count).